The molecule has 2 unspecified atom stereocenters. The van der Waals surface area contributed by atoms with E-state index in [2.05, 4.69) is 10.0 Å². The van der Waals surface area contributed by atoms with Gasteiger partial charge in [-0.3, -0.25) is 0 Å². The number of rotatable bonds is 5. The summed E-state index contributed by atoms with van der Waals surface area (Å²) in [7, 11) is -2.99. The normalized spacial score (nSPS) is 36.6. The van der Waals surface area contributed by atoms with Crippen LogP contribution in [0.15, 0.2) is 0 Å². The Hall–Kier alpha value is 0.160. The lowest BCUT2D eigenvalue weighted by molar-refractivity contribution is 0.560. The van der Waals surface area contributed by atoms with Gasteiger partial charge in [0.05, 0.1) is 5.75 Å². The van der Waals surface area contributed by atoms with Crippen molar-refractivity contribution >= 4 is 22.4 Å². The van der Waals surface area contributed by atoms with E-state index in [0.29, 0.717) is 23.5 Å². The lowest BCUT2D eigenvalue weighted by Gasteiger charge is -2.08. The minimum absolute atomic E-state index is 0. The highest BCUT2D eigenvalue weighted by Gasteiger charge is 2.54. The van der Waals surface area contributed by atoms with Crippen LogP contribution in [0, 0.1) is 17.8 Å². The molecular formula is C10H19ClN2O2S. The lowest BCUT2D eigenvalue weighted by Crippen LogP contribution is -2.34. The highest BCUT2D eigenvalue weighted by Crippen LogP contribution is 2.42. The molecule has 94 valence electrons. The zero-order chi connectivity index (χ0) is 10.5. The first kappa shape index (κ1) is 12.6. The molecule has 3 rings (SSSR count). The molecule has 1 saturated heterocycles. The van der Waals surface area contributed by atoms with Crippen molar-refractivity contribution in [2.45, 2.75) is 25.3 Å². The van der Waals surface area contributed by atoms with Crippen molar-refractivity contribution in [1.29, 1.82) is 0 Å². The lowest BCUT2D eigenvalue weighted by atomic mass is 10.3. The second-order valence-electron chi connectivity index (χ2n) is 5.18. The summed E-state index contributed by atoms with van der Waals surface area (Å²) in [5.74, 6) is 2.17. The Morgan fingerprint density at radius 1 is 1.19 bits per heavy atom. The van der Waals surface area contributed by atoms with E-state index in [9.17, 15) is 8.42 Å². The molecule has 3 fully saturated rings. The van der Waals surface area contributed by atoms with Crippen LogP contribution in [0.4, 0.5) is 0 Å². The SMILES string of the molecule is Cl.O=S(=O)(CCC1CC1)NC1C2CNCC21. The second-order valence-corrected chi connectivity index (χ2v) is 7.05. The average Bonchev–Trinajstić information content (AvgIpc) is 3.05. The molecule has 4 nitrogen and oxygen atoms in total. The molecule has 0 bridgehead atoms. The maximum absolute atomic E-state index is 11.7. The van der Waals surface area contributed by atoms with Crippen molar-refractivity contribution in [1.82, 2.24) is 10.0 Å². The monoisotopic (exact) mass is 266 g/mol. The molecule has 2 atom stereocenters. The van der Waals surface area contributed by atoms with E-state index in [0.717, 1.165) is 19.5 Å². The Morgan fingerprint density at radius 2 is 1.81 bits per heavy atom. The third-order valence-electron chi connectivity index (χ3n) is 3.90. The smallest absolute Gasteiger partial charge is 0.211 e. The van der Waals surface area contributed by atoms with Crippen LogP contribution in [0.1, 0.15) is 19.3 Å². The largest absolute Gasteiger partial charge is 0.316 e. The van der Waals surface area contributed by atoms with Gasteiger partial charge in [0.15, 0.2) is 0 Å². The van der Waals surface area contributed by atoms with Gasteiger partial charge in [-0.25, -0.2) is 13.1 Å². The maximum Gasteiger partial charge on any atom is 0.211 e. The Kier molecular flexibility index (Phi) is 3.50. The predicted molar refractivity (Wildman–Crippen MR) is 65.1 cm³/mol. The Labute approximate surface area is 103 Å². The number of fused-ring (bicyclic) bond motifs is 1. The summed E-state index contributed by atoms with van der Waals surface area (Å²) in [4.78, 5) is 0. The standard InChI is InChI=1S/C10H18N2O2S.ClH/c13-15(14,4-3-7-1-2-7)12-10-8-5-11-6-9(8)10;/h7-12H,1-6H2;1H. The summed E-state index contributed by atoms with van der Waals surface area (Å²) in [5.41, 5.74) is 0. The molecule has 0 aromatic heterocycles. The number of hydrogen-bond acceptors (Lipinski definition) is 3. The van der Waals surface area contributed by atoms with Gasteiger partial charge in [-0.15, -0.1) is 12.4 Å². The van der Waals surface area contributed by atoms with Crippen molar-refractivity contribution in [3.05, 3.63) is 0 Å². The highest BCUT2D eigenvalue weighted by atomic mass is 35.5. The van der Waals surface area contributed by atoms with Gasteiger partial charge in [0.1, 0.15) is 0 Å². The minimum atomic E-state index is -2.99. The van der Waals surface area contributed by atoms with Crippen LogP contribution in [0.5, 0.6) is 0 Å². The molecule has 0 amide bonds. The van der Waals surface area contributed by atoms with Crippen molar-refractivity contribution in [3.8, 4) is 0 Å². The van der Waals surface area contributed by atoms with Gasteiger partial charge in [-0.1, -0.05) is 12.8 Å². The van der Waals surface area contributed by atoms with Crippen LogP contribution < -0.4 is 10.0 Å². The van der Waals surface area contributed by atoms with Crippen molar-refractivity contribution in [3.63, 3.8) is 0 Å². The predicted octanol–water partition coefficient (Wildman–Crippen LogP) is 0.345. The fourth-order valence-corrected chi connectivity index (χ4v) is 4.11. The molecule has 16 heavy (non-hydrogen) atoms. The summed E-state index contributed by atoms with van der Waals surface area (Å²) >= 11 is 0. The Bertz CT molecular complexity index is 346. The van der Waals surface area contributed by atoms with Crippen LogP contribution >= 0.6 is 12.4 Å². The first-order valence-corrected chi connectivity index (χ1v) is 7.52. The van der Waals surface area contributed by atoms with Gasteiger partial charge in [-0.2, -0.15) is 0 Å². The summed E-state index contributed by atoms with van der Waals surface area (Å²) in [6.07, 6.45) is 3.32. The number of piperidine rings is 1. The van der Waals surface area contributed by atoms with E-state index in [-0.39, 0.29) is 18.4 Å². The van der Waals surface area contributed by atoms with E-state index >= 15 is 0 Å². The fourth-order valence-electron chi connectivity index (χ4n) is 2.59. The van der Waals surface area contributed by atoms with Gasteiger partial charge < -0.3 is 5.32 Å². The first-order chi connectivity index (χ1) is 7.16. The molecule has 1 heterocycles. The van der Waals surface area contributed by atoms with Crippen molar-refractivity contribution in [2.24, 2.45) is 17.8 Å². The number of nitrogens with one attached hydrogen (secondary N) is 2. The molecule has 6 heteroatoms. The van der Waals surface area contributed by atoms with E-state index in [1.54, 1.807) is 0 Å². The van der Waals surface area contributed by atoms with Gasteiger partial charge >= 0.3 is 0 Å². The van der Waals surface area contributed by atoms with E-state index in [1.165, 1.54) is 12.8 Å². The molecule has 2 saturated carbocycles. The van der Waals surface area contributed by atoms with E-state index in [4.69, 9.17) is 0 Å². The van der Waals surface area contributed by atoms with E-state index in [1.807, 2.05) is 0 Å². The molecule has 0 spiro atoms. The average molecular weight is 267 g/mol. The fraction of sp³-hybridized carbons (Fsp3) is 1.00. The molecule has 2 aliphatic carbocycles. The molecule has 3 aliphatic rings. The number of halogens is 1. The molecule has 0 aromatic carbocycles. The van der Waals surface area contributed by atoms with Crippen LogP contribution in [0.3, 0.4) is 0 Å². The minimum Gasteiger partial charge on any atom is -0.316 e. The van der Waals surface area contributed by atoms with Gasteiger partial charge in [-0.05, 0) is 37.3 Å². The third-order valence-corrected chi connectivity index (χ3v) is 5.30. The third kappa shape index (κ3) is 2.70. The van der Waals surface area contributed by atoms with Gasteiger partial charge in [0.2, 0.25) is 10.0 Å². The Balaban J connectivity index is 0.000000963. The summed E-state index contributed by atoms with van der Waals surface area (Å²) < 4.78 is 26.3. The zero-order valence-electron chi connectivity index (χ0n) is 9.19. The summed E-state index contributed by atoms with van der Waals surface area (Å²) in [6, 6.07) is 0.246. The quantitative estimate of drug-likeness (QED) is 0.755. The van der Waals surface area contributed by atoms with E-state index < -0.39 is 10.0 Å². The van der Waals surface area contributed by atoms with Crippen molar-refractivity contribution in [2.75, 3.05) is 18.8 Å². The second kappa shape index (κ2) is 4.44. The summed E-state index contributed by atoms with van der Waals surface area (Å²) in [5, 5.41) is 3.26. The van der Waals surface area contributed by atoms with Crippen molar-refractivity contribution < 1.29 is 8.42 Å². The maximum atomic E-state index is 11.7. The molecule has 0 radical (unpaired) electrons. The molecular weight excluding hydrogens is 248 g/mol. The van der Waals surface area contributed by atoms with Crippen LogP contribution in [-0.4, -0.2) is 33.3 Å². The number of sulfonamides is 1. The molecule has 2 N–H and O–H groups in total. The summed E-state index contributed by atoms with van der Waals surface area (Å²) in [6.45, 7) is 1.97. The number of hydrogen-bond donors (Lipinski definition) is 2. The van der Waals surface area contributed by atoms with Gasteiger partial charge in [0.25, 0.3) is 0 Å². The molecule has 0 aromatic rings. The van der Waals surface area contributed by atoms with Crippen LogP contribution in [-0.2, 0) is 10.0 Å². The topological polar surface area (TPSA) is 58.2 Å². The highest BCUT2D eigenvalue weighted by molar-refractivity contribution is 7.89. The molecule has 1 aliphatic heterocycles. The van der Waals surface area contributed by atoms with Crippen LogP contribution in [0.2, 0.25) is 0 Å². The first-order valence-electron chi connectivity index (χ1n) is 5.86. The van der Waals surface area contributed by atoms with Crippen LogP contribution in [0.25, 0.3) is 0 Å². The Morgan fingerprint density at radius 3 is 2.38 bits per heavy atom. The zero-order valence-corrected chi connectivity index (χ0v) is 10.8. The van der Waals surface area contributed by atoms with Gasteiger partial charge in [0, 0.05) is 6.04 Å².